The predicted octanol–water partition coefficient (Wildman–Crippen LogP) is 2.34. The van der Waals surface area contributed by atoms with Crippen molar-refractivity contribution < 1.29 is 14.0 Å². The van der Waals surface area contributed by atoms with Crippen LogP contribution in [-0.4, -0.2) is 11.8 Å². The zero-order chi connectivity index (χ0) is 16.7. The van der Waals surface area contributed by atoms with Crippen molar-refractivity contribution in [1.29, 1.82) is 5.26 Å². The van der Waals surface area contributed by atoms with Crippen LogP contribution in [0.2, 0.25) is 0 Å². The number of carbonyl (C=O) groups excluding carboxylic acids is 2. The fourth-order valence-electron chi connectivity index (χ4n) is 1.88. The molecule has 23 heavy (non-hydrogen) atoms. The van der Waals surface area contributed by atoms with Gasteiger partial charge in [-0.05, 0) is 35.9 Å². The molecule has 0 radical (unpaired) electrons. The van der Waals surface area contributed by atoms with E-state index in [1.165, 1.54) is 18.2 Å². The van der Waals surface area contributed by atoms with Crippen LogP contribution < -0.4 is 10.6 Å². The van der Waals surface area contributed by atoms with Crippen molar-refractivity contribution in [3.8, 4) is 6.07 Å². The summed E-state index contributed by atoms with van der Waals surface area (Å²) in [5.41, 5.74) is 1.62. The Morgan fingerprint density at radius 2 is 1.83 bits per heavy atom. The quantitative estimate of drug-likeness (QED) is 0.832. The third-order valence-electron chi connectivity index (χ3n) is 3.00. The fraction of sp³-hybridized carbons (Fsp3) is 0.118. The molecule has 0 spiro atoms. The van der Waals surface area contributed by atoms with E-state index in [2.05, 4.69) is 10.6 Å². The first-order valence-corrected chi connectivity index (χ1v) is 6.88. The molecule has 0 aliphatic carbocycles. The minimum atomic E-state index is -0.475. The topological polar surface area (TPSA) is 82.0 Å². The van der Waals surface area contributed by atoms with Crippen LogP contribution in [-0.2, 0) is 16.1 Å². The molecule has 5 nitrogen and oxygen atoms in total. The van der Waals surface area contributed by atoms with Gasteiger partial charge >= 0.3 is 0 Å². The Labute approximate surface area is 132 Å². The van der Waals surface area contributed by atoms with Crippen molar-refractivity contribution in [3.05, 3.63) is 65.5 Å². The lowest BCUT2D eigenvalue weighted by atomic mass is 10.2. The third-order valence-corrected chi connectivity index (χ3v) is 3.00. The van der Waals surface area contributed by atoms with Gasteiger partial charge in [-0.2, -0.15) is 5.26 Å². The number of amides is 2. The zero-order valence-corrected chi connectivity index (χ0v) is 12.2. The molecule has 2 N–H and O–H groups in total. The van der Waals surface area contributed by atoms with Crippen molar-refractivity contribution >= 4 is 17.5 Å². The van der Waals surface area contributed by atoms with Gasteiger partial charge in [-0.1, -0.05) is 18.2 Å². The molecule has 0 saturated carbocycles. The third kappa shape index (κ3) is 5.25. The molecule has 0 fully saturated rings. The van der Waals surface area contributed by atoms with Gasteiger partial charge in [0.15, 0.2) is 0 Å². The van der Waals surface area contributed by atoms with Gasteiger partial charge in [0.05, 0.1) is 11.6 Å². The summed E-state index contributed by atoms with van der Waals surface area (Å²) in [7, 11) is 0. The van der Waals surface area contributed by atoms with Gasteiger partial charge in [0.25, 0.3) is 0 Å². The molecule has 0 saturated heterocycles. The maximum atomic E-state index is 12.8. The minimum absolute atomic E-state index is 0.219. The highest BCUT2D eigenvalue weighted by atomic mass is 19.1. The van der Waals surface area contributed by atoms with Gasteiger partial charge in [-0.3, -0.25) is 9.59 Å². The molecule has 6 heteroatoms. The summed E-state index contributed by atoms with van der Waals surface area (Å²) in [6.45, 7) is 0.219. The van der Waals surface area contributed by atoms with E-state index in [1.54, 1.807) is 30.3 Å². The number of hydrogen-bond acceptors (Lipinski definition) is 3. The van der Waals surface area contributed by atoms with Crippen molar-refractivity contribution in [1.82, 2.24) is 5.32 Å². The van der Waals surface area contributed by atoms with Crippen molar-refractivity contribution in [2.24, 2.45) is 0 Å². The number of rotatable bonds is 5. The maximum Gasteiger partial charge on any atom is 0.233 e. The Morgan fingerprint density at radius 1 is 1.09 bits per heavy atom. The molecule has 0 atom stereocenters. The summed E-state index contributed by atoms with van der Waals surface area (Å²) in [5.74, 6) is -1.26. The van der Waals surface area contributed by atoms with E-state index in [1.807, 2.05) is 6.07 Å². The lowest BCUT2D eigenvalue weighted by molar-refractivity contribution is -0.126. The second-order valence-electron chi connectivity index (χ2n) is 4.82. The summed E-state index contributed by atoms with van der Waals surface area (Å²) >= 11 is 0. The second kappa shape index (κ2) is 7.71. The van der Waals surface area contributed by atoms with Crippen LogP contribution in [0.5, 0.6) is 0 Å². The molecule has 2 amide bonds. The number of carbonyl (C=O) groups is 2. The van der Waals surface area contributed by atoms with Gasteiger partial charge in [-0.25, -0.2) is 4.39 Å². The van der Waals surface area contributed by atoms with Crippen molar-refractivity contribution in [3.63, 3.8) is 0 Å². The Balaban J connectivity index is 1.81. The lowest BCUT2D eigenvalue weighted by Gasteiger charge is -2.07. The number of nitrogens with one attached hydrogen (secondary N) is 2. The lowest BCUT2D eigenvalue weighted by Crippen LogP contribution is -2.27. The zero-order valence-electron chi connectivity index (χ0n) is 12.2. The monoisotopic (exact) mass is 311 g/mol. The van der Waals surface area contributed by atoms with Gasteiger partial charge in [0.1, 0.15) is 12.2 Å². The summed E-state index contributed by atoms with van der Waals surface area (Å²) < 4.78 is 12.8. The van der Waals surface area contributed by atoms with Crippen LogP contribution in [0.3, 0.4) is 0 Å². The highest BCUT2D eigenvalue weighted by molar-refractivity contribution is 6.03. The van der Waals surface area contributed by atoms with Gasteiger partial charge < -0.3 is 10.6 Å². The molecule has 0 aliphatic rings. The number of anilines is 1. The summed E-state index contributed by atoms with van der Waals surface area (Å²) in [4.78, 5) is 23.5. The Morgan fingerprint density at radius 3 is 2.52 bits per heavy atom. The molecule has 2 aromatic carbocycles. The maximum absolute atomic E-state index is 12.8. The molecular formula is C17H14FN3O2. The van der Waals surface area contributed by atoms with Crippen LogP contribution in [0.1, 0.15) is 17.5 Å². The Hall–Kier alpha value is -3.20. The molecule has 0 aliphatic heterocycles. The van der Waals surface area contributed by atoms with E-state index >= 15 is 0 Å². The Bertz CT molecular complexity index is 751. The van der Waals surface area contributed by atoms with E-state index in [0.717, 1.165) is 5.56 Å². The number of nitrogens with zero attached hydrogens (tertiary/aromatic N) is 1. The van der Waals surface area contributed by atoms with Crippen molar-refractivity contribution in [2.75, 3.05) is 5.32 Å². The first-order valence-electron chi connectivity index (χ1n) is 6.88. The molecule has 116 valence electrons. The molecule has 2 rings (SSSR count). The first-order chi connectivity index (χ1) is 11.1. The number of hydrogen-bond donors (Lipinski definition) is 2. The van der Waals surface area contributed by atoms with Gasteiger partial charge in [0, 0.05) is 12.2 Å². The van der Waals surface area contributed by atoms with Crippen LogP contribution in [0.4, 0.5) is 10.1 Å². The highest BCUT2D eigenvalue weighted by Crippen LogP contribution is 2.10. The molecule has 0 aromatic heterocycles. The average molecular weight is 311 g/mol. The molecule has 0 bridgehead atoms. The van der Waals surface area contributed by atoms with E-state index < -0.39 is 11.8 Å². The fourth-order valence-corrected chi connectivity index (χ4v) is 1.88. The summed E-state index contributed by atoms with van der Waals surface area (Å²) in [6, 6.07) is 14.1. The molecule has 2 aromatic rings. The standard InChI is InChI=1S/C17H14FN3O2/c18-14-6-4-12(5-7-14)11-20-16(22)9-17(23)21-15-3-1-2-13(8-15)10-19/h1-8H,9,11H2,(H,20,22)(H,21,23). The number of halogens is 1. The first kappa shape index (κ1) is 16.2. The number of benzene rings is 2. The summed E-state index contributed by atoms with van der Waals surface area (Å²) in [5, 5.41) is 13.9. The van der Waals surface area contributed by atoms with E-state index in [-0.39, 0.29) is 18.8 Å². The van der Waals surface area contributed by atoms with Crippen LogP contribution in [0.25, 0.3) is 0 Å². The van der Waals surface area contributed by atoms with Gasteiger partial charge in [0.2, 0.25) is 11.8 Å². The minimum Gasteiger partial charge on any atom is -0.352 e. The average Bonchev–Trinajstić information content (AvgIpc) is 2.54. The van der Waals surface area contributed by atoms with Crippen LogP contribution >= 0.6 is 0 Å². The van der Waals surface area contributed by atoms with E-state index in [4.69, 9.17) is 5.26 Å². The molecular weight excluding hydrogens is 297 g/mol. The van der Waals surface area contributed by atoms with Crippen LogP contribution in [0, 0.1) is 17.1 Å². The SMILES string of the molecule is N#Cc1cccc(NC(=O)CC(=O)NCc2ccc(F)cc2)c1. The largest absolute Gasteiger partial charge is 0.352 e. The van der Waals surface area contributed by atoms with Crippen LogP contribution in [0.15, 0.2) is 48.5 Å². The van der Waals surface area contributed by atoms with Crippen molar-refractivity contribution in [2.45, 2.75) is 13.0 Å². The number of nitriles is 1. The van der Waals surface area contributed by atoms with E-state index in [0.29, 0.717) is 11.3 Å². The van der Waals surface area contributed by atoms with Gasteiger partial charge in [-0.15, -0.1) is 0 Å². The Kier molecular flexibility index (Phi) is 5.42. The highest BCUT2D eigenvalue weighted by Gasteiger charge is 2.09. The summed E-state index contributed by atoms with van der Waals surface area (Å²) in [6.07, 6.45) is -0.335. The predicted molar refractivity (Wildman–Crippen MR) is 82.7 cm³/mol. The normalized spacial score (nSPS) is 9.74. The molecule has 0 heterocycles. The smallest absolute Gasteiger partial charge is 0.233 e. The second-order valence-corrected chi connectivity index (χ2v) is 4.82. The van der Waals surface area contributed by atoms with E-state index in [9.17, 15) is 14.0 Å². The molecule has 0 unspecified atom stereocenters.